The third-order valence-electron chi connectivity index (χ3n) is 3.68. The van der Waals surface area contributed by atoms with Crippen LogP contribution in [0.2, 0.25) is 5.02 Å². The quantitative estimate of drug-likeness (QED) is 0.867. The van der Waals surface area contributed by atoms with Gasteiger partial charge in [0.2, 0.25) is 0 Å². The maximum Gasteiger partial charge on any atom is 0.255 e. The van der Waals surface area contributed by atoms with E-state index in [-0.39, 0.29) is 5.91 Å². The lowest BCUT2D eigenvalue weighted by Crippen LogP contribution is -2.39. The van der Waals surface area contributed by atoms with E-state index in [1.165, 1.54) is 12.8 Å². The Balaban J connectivity index is 2.05. The molecule has 0 saturated carbocycles. The molecule has 1 amide bonds. The lowest BCUT2D eigenvalue weighted by Gasteiger charge is -2.28. The number of carbonyl (C=O) groups is 1. The summed E-state index contributed by atoms with van der Waals surface area (Å²) in [6.07, 6.45) is 4.37. The van der Waals surface area contributed by atoms with Crippen LogP contribution in [0.15, 0.2) is 23.1 Å². The summed E-state index contributed by atoms with van der Waals surface area (Å²) in [7, 11) is 1.86. The fourth-order valence-electron chi connectivity index (χ4n) is 2.55. The first-order valence-electron chi connectivity index (χ1n) is 6.91. The smallest absolute Gasteiger partial charge is 0.255 e. The van der Waals surface area contributed by atoms with E-state index in [0.717, 1.165) is 24.5 Å². The molecule has 1 unspecified atom stereocenters. The Hall–Kier alpha value is -0.710. The second kappa shape index (κ2) is 7.34. The number of piperidine rings is 1. The molecular formula is C15H21ClN2OS. The van der Waals surface area contributed by atoms with Crippen LogP contribution in [0.1, 0.15) is 23.2 Å². The maximum atomic E-state index is 12.5. The van der Waals surface area contributed by atoms with Crippen molar-refractivity contribution in [1.82, 2.24) is 10.2 Å². The molecule has 1 aromatic rings. The van der Waals surface area contributed by atoms with Crippen molar-refractivity contribution in [2.75, 3.05) is 32.9 Å². The SMILES string of the molecule is CSc1ccc(Cl)c(C(=O)N(C)CC2CCCNC2)c1. The average molecular weight is 313 g/mol. The van der Waals surface area contributed by atoms with Crippen LogP contribution in [0, 0.1) is 5.92 Å². The van der Waals surface area contributed by atoms with Gasteiger partial charge in [-0.25, -0.2) is 0 Å². The van der Waals surface area contributed by atoms with Gasteiger partial charge in [0.25, 0.3) is 5.91 Å². The number of carbonyl (C=O) groups excluding carboxylic acids is 1. The first kappa shape index (κ1) is 15.7. The van der Waals surface area contributed by atoms with Crippen LogP contribution in [-0.2, 0) is 0 Å². The Morgan fingerprint density at radius 1 is 1.55 bits per heavy atom. The van der Waals surface area contributed by atoms with Crippen molar-refractivity contribution in [1.29, 1.82) is 0 Å². The van der Waals surface area contributed by atoms with Gasteiger partial charge in [0, 0.05) is 18.5 Å². The Bertz CT molecular complexity index is 475. The van der Waals surface area contributed by atoms with Crippen LogP contribution < -0.4 is 5.32 Å². The number of halogens is 1. The van der Waals surface area contributed by atoms with E-state index in [9.17, 15) is 4.79 Å². The third kappa shape index (κ3) is 3.90. The topological polar surface area (TPSA) is 32.3 Å². The standard InChI is InChI=1S/C15H21ClN2OS/c1-18(10-11-4-3-7-17-9-11)15(19)13-8-12(20-2)5-6-14(13)16/h5-6,8,11,17H,3-4,7,9-10H2,1-2H3. The summed E-state index contributed by atoms with van der Waals surface area (Å²) in [5, 5.41) is 3.91. The number of nitrogens with one attached hydrogen (secondary N) is 1. The van der Waals surface area contributed by atoms with Gasteiger partial charge in [-0.3, -0.25) is 4.79 Å². The molecule has 5 heteroatoms. The molecule has 0 aromatic heterocycles. The highest BCUT2D eigenvalue weighted by Gasteiger charge is 2.20. The first-order valence-corrected chi connectivity index (χ1v) is 8.52. The lowest BCUT2D eigenvalue weighted by molar-refractivity contribution is 0.0764. The van der Waals surface area contributed by atoms with Crippen LogP contribution in [0.3, 0.4) is 0 Å². The minimum atomic E-state index is 0.0106. The van der Waals surface area contributed by atoms with E-state index in [0.29, 0.717) is 16.5 Å². The minimum Gasteiger partial charge on any atom is -0.341 e. The molecule has 0 spiro atoms. The maximum absolute atomic E-state index is 12.5. The number of thioether (sulfide) groups is 1. The van der Waals surface area contributed by atoms with Crippen molar-refractivity contribution in [2.24, 2.45) is 5.92 Å². The molecule has 110 valence electrons. The van der Waals surface area contributed by atoms with Crippen molar-refractivity contribution >= 4 is 29.3 Å². The summed E-state index contributed by atoms with van der Waals surface area (Å²) in [4.78, 5) is 15.4. The molecule has 20 heavy (non-hydrogen) atoms. The summed E-state index contributed by atoms with van der Waals surface area (Å²) < 4.78 is 0. The second-order valence-electron chi connectivity index (χ2n) is 5.24. The number of benzene rings is 1. The Labute approximate surface area is 130 Å². The Morgan fingerprint density at radius 2 is 2.35 bits per heavy atom. The van der Waals surface area contributed by atoms with Gasteiger partial charge in [0.1, 0.15) is 0 Å². The molecule has 1 aromatic carbocycles. The molecule has 0 radical (unpaired) electrons. The lowest BCUT2D eigenvalue weighted by atomic mass is 9.99. The molecule has 2 rings (SSSR count). The highest BCUT2D eigenvalue weighted by atomic mass is 35.5. The molecule has 1 aliphatic heterocycles. The molecule has 1 heterocycles. The predicted octanol–water partition coefficient (Wildman–Crippen LogP) is 3.13. The van der Waals surface area contributed by atoms with Crippen LogP contribution in [0.5, 0.6) is 0 Å². The van der Waals surface area contributed by atoms with Gasteiger partial charge in [-0.05, 0) is 56.3 Å². The van der Waals surface area contributed by atoms with Crippen molar-refractivity contribution in [3.63, 3.8) is 0 Å². The number of amides is 1. The summed E-state index contributed by atoms with van der Waals surface area (Å²) in [5.74, 6) is 0.552. The van der Waals surface area contributed by atoms with Gasteiger partial charge in [-0.1, -0.05) is 11.6 Å². The van der Waals surface area contributed by atoms with Crippen molar-refractivity contribution in [2.45, 2.75) is 17.7 Å². The molecule has 0 aliphatic carbocycles. The first-order chi connectivity index (χ1) is 9.61. The van der Waals surface area contributed by atoms with E-state index >= 15 is 0 Å². The minimum absolute atomic E-state index is 0.0106. The van der Waals surface area contributed by atoms with Crippen LogP contribution >= 0.6 is 23.4 Å². The van der Waals surface area contributed by atoms with Crippen LogP contribution in [0.4, 0.5) is 0 Å². The van der Waals surface area contributed by atoms with E-state index in [2.05, 4.69) is 5.32 Å². The van der Waals surface area contributed by atoms with Gasteiger partial charge in [0.15, 0.2) is 0 Å². The van der Waals surface area contributed by atoms with Gasteiger partial charge < -0.3 is 10.2 Å². The zero-order valence-electron chi connectivity index (χ0n) is 12.0. The number of hydrogen-bond acceptors (Lipinski definition) is 3. The number of hydrogen-bond donors (Lipinski definition) is 1. The highest BCUT2D eigenvalue weighted by molar-refractivity contribution is 7.98. The van der Waals surface area contributed by atoms with Gasteiger partial charge >= 0.3 is 0 Å². The Morgan fingerprint density at radius 3 is 3.00 bits per heavy atom. The summed E-state index contributed by atoms with van der Waals surface area (Å²) in [6.45, 7) is 2.87. The molecule has 1 fully saturated rings. The van der Waals surface area contributed by atoms with E-state index < -0.39 is 0 Å². The molecule has 0 bridgehead atoms. The molecular weight excluding hydrogens is 292 g/mol. The molecule has 1 atom stereocenters. The van der Waals surface area contributed by atoms with Crippen molar-refractivity contribution < 1.29 is 4.79 Å². The largest absolute Gasteiger partial charge is 0.341 e. The van der Waals surface area contributed by atoms with Crippen LogP contribution in [0.25, 0.3) is 0 Å². The van der Waals surface area contributed by atoms with E-state index in [4.69, 9.17) is 11.6 Å². The fourth-order valence-corrected chi connectivity index (χ4v) is 3.19. The summed E-state index contributed by atoms with van der Waals surface area (Å²) in [5.41, 5.74) is 0.602. The summed E-state index contributed by atoms with van der Waals surface area (Å²) >= 11 is 7.78. The summed E-state index contributed by atoms with van der Waals surface area (Å²) in [6, 6.07) is 5.62. The monoisotopic (exact) mass is 312 g/mol. The molecule has 1 N–H and O–H groups in total. The van der Waals surface area contributed by atoms with E-state index in [1.807, 2.05) is 25.4 Å². The van der Waals surface area contributed by atoms with Gasteiger partial charge in [-0.15, -0.1) is 11.8 Å². The van der Waals surface area contributed by atoms with Gasteiger partial charge in [0.05, 0.1) is 10.6 Å². The zero-order chi connectivity index (χ0) is 14.5. The predicted molar refractivity (Wildman–Crippen MR) is 85.8 cm³/mol. The van der Waals surface area contributed by atoms with E-state index in [1.54, 1.807) is 22.7 Å². The zero-order valence-corrected chi connectivity index (χ0v) is 13.6. The highest BCUT2D eigenvalue weighted by Crippen LogP contribution is 2.24. The number of nitrogens with zero attached hydrogens (tertiary/aromatic N) is 1. The molecule has 3 nitrogen and oxygen atoms in total. The van der Waals surface area contributed by atoms with Crippen LogP contribution in [-0.4, -0.2) is 43.7 Å². The van der Waals surface area contributed by atoms with Crippen molar-refractivity contribution in [3.8, 4) is 0 Å². The number of rotatable bonds is 4. The molecule has 1 saturated heterocycles. The van der Waals surface area contributed by atoms with Gasteiger partial charge in [-0.2, -0.15) is 0 Å². The average Bonchev–Trinajstić information content (AvgIpc) is 2.48. The molecule has 1 aliphatic rings. The second-order valence-corrected chi connectivity index (χ2v) is 6.53. The third-order valence-corrected chi connectivity index (χ3v) is 4.74. The Kier molecular flexibility index (Phi) is 5.75. The fraction of sp³-hybridized carbons (Fsp3) is 0.533. The normalized spacial score (nSPS) is 18.9. The van der Waals surface area contributed by atoms with Crippen molar-refractivity contribution in [3.05, 3.63) is 28.8 Å².